The number of sulfone groups is 2. The van der Waals surface area contributed by atoms with Gasteiger partial charge in [0.2, 0.25) is 0 Å². The van der Waals surface area contributed by atoms with E-state index >= 15 is 4.39 Å². The van der Waals surface area contributed by atoms with E-state index in [1.807, 2.05) is 72.7 Å². The number of likely N-dealkylation sites (tertiary alicyclic amines) is 1. The molecule has 8 rings (SSSR count). The molecule has 0 aliphatic carbocycles. The number of hydrogen-bond donors (Lipinski definition) is 2. The first-order valence-corrected chi connectivity index (χ1v) is 31.5. The smallest absolute Gasteiger partial charge is 0.380 e. The van der Waals surface area contributed by atoms with E-state index in [-0.39, 0.29) is 28.4 Å². The van der Waals surface area contributed by atoms with E-state index < -0.39 is 56.9 Å². The Balaban J connectivity index is 0.980. The van der Waals surface area contributed by atoms with Crippen molar-refractivity contribution in [2.75, 3.05) is 84.3 Å². The molecule has 0 unspecified atom stereocenters. The third kappa shape index (κ3) is 13.6. The number of ether oxygens (including phenoxy) is 1. The lowest BCUT2D eigenvalue weighted by molar-refractivity contribution is -0.0435. The first kappa shape index (κ1) is 57.9. The molecule has 2 N–H and O–H groups in total. The fourth-order valence-corrected chi connectivity index (χ4v) is 14.6. The second kappa shape index (κ2) is 24.0. The molecule has 13 nitrogen and oxygen atoms in total. The van der Waals surface area contributed by atoms with Gasteiger partial charge in [0.1, 0.15) is 10.7 Å². The van der Waals surface area contributed by atoms with E-state index in [4.69, 9.17) is 16.3 Å². The molecule has 0 bridgehead atoms. The van der Waals surface area contributed by atoms with Crippen LogP contribution in [-0.2, 0) is 34.4 Å². The Morgan fingerprint density at radius 3 is 2.01 bits per heavy atom. The number of hydrogen-bond acceptors (Lipinski definition) is 12. The summed E-state index contributed by atoms with van der Waals surface area (Å²) in [6.07, 6.45) is 3.46. The van der Waals surface area contributed by atoms with E-state index in [0.717, 1.165) is 60.5 Å². The quantitative estimate of drug-likeness (QED) is 0.0553. The van der Waals surface area contributed by atoms with Crippen LogP contribution < -0.4 is 19.8 Å². The van der Waals surface area contributed by atoms with Crippen LogP contribution in [-0.4, -0.2) is 117 Å². The van der Waals surface area contributed by atoms with Crippen LogP contribution >= 0.6 is 23.4 Å². The molecule has 22 heteroatoms. The number of alkyl halides is 3. The van der Waals surface area contributed by atoms with Crippen molar-refractivity contribution in [3.05, 3.63) is 132 Å². The molecule has 2 saturated heterocycles. The van der Waals surface area contributed by atoms with Crippen LogP contribution in [0.25, 0.3) is 22.4 Å². The van der Waals surface area contributed by atoms with Gasteiger partial charge in [-0.1, -0.05) is 41.9 Å². The highest BCUT2D eigenvalue weighted by Crippen LogP contribution is 2.45. The Bertz CT molecular complexity index is 3370. The summed E-state index contributed by atoms with van der Waals surface area (Å²) >= 11 is 7.71. The van der Waals surface area contributed by atoms with Crippen LogP contribution in [0.15, 0.2) is 135 Å². The predicted octanol–water partition coefficient (Wildman–Crippen LogP) is 11.8. The molecule has 1 atom stereocenters. The first-order chi connectivity index (χ1) is 36.4. The minimum atomic E-state index is -6.04. The zero-order chi connectivity index (χ0) is 55.5. The Morgan fingerprint density at radius 2 is 1.42 bits per heavy atom. The predicted molar refractivity (Wildman–Crippen MR) is 300 cm³/mol. The van der Waals surface area contributed by atoms with Crippen LogP contribution in [0.2, 0.25) is 5.02 Å². The highest BCUT2D eigenvalue weighted by atomic mass is 35.5. The molecule has 0 spiro atoms. The van der Waals surface area contributed by atoms with Gasteiger partial charge in [-0.05, 0) is 143 Å². The monoisotopic (exact) mass is 1160 g/mol. The molecule has 0 radical (unpaired) electrons. The summed E-state index contributed by atoms with van der Waals surface area (Å²) in [5.74, 6) is -0.165. The number of piperazine rings is 1. The Kier molecular flexibility index (Phi) is 18.0. The summed E-state index contributed by atoms with van der Waals surface area (Å²) in [5, 5.41) is 3.57. The summed E-state index contributed by atoms with van der Waals surface area (Å²) in [7, 11) is -14.5. The van der Waals surface area contributed by atoms with Crippen molar-refractivity contribution in [2.24, 2.45) is 0 Å². The highest BCUT2D eigenvalue weighted by Gasteiger charge is 2.48. The fraction of sp³-hybridized carbons (Fsp3) is 0.382. The average molecular weight is 1160 g/mol. The molecule has 1 aromatic heterocycles. The maximum atomic E-state index is 15.8. The largest absolute Gasteiger partial charge is 0.501 e. The number of sulfonamides is 1. The number of piperidine rings is 1. The third-order valence-corrected chi connectivity index (χ3v) is 19.4. The number of nitrogens with one attached hydrogen (secondary N) is 2. The van der Waals surface area contributed by atoms with E-state index in [0.29, 0.717) is 90.8 Å². The summed E-state index contributed by atoms with van der Waals surface area (Å²) in [6.45, 7) is 12.2. The van der Waals surface area contributed by atoms with Crippen LogP contribution in [0, 0.1) is 12.7 Å². The van der Waals surface area contributed by atoms with Gasteiger partial charge in [-0.15, -0.1) is 11.8 Å². The van der Waals surface area contributed by atoms with Crippen molar-refractivity contribution in [1.29, 1.82) is 0 Å². The van der Waals surface area contributed by atoms with Crippen LogP contribution in [0.1, 0.15) is 51.8 Å². The number of nitrogens with zero attached hydrogens (tertiary/aromatic N) is 4. The molecule has 77 heavy (non-hydrogen) atoms. The maximum Gasteiger partial charge on any atom is 0.501 e. The number of rotatable bonds is 20. The molecule has 2 aliphatic heterocycles. The van der Waals surface area contributed by atoms with Gasteiger partial charge in [0.05, 0.1) is 27.3 Å². The zero-order valence-corrected chi connectivity index (χ0v) is 47.4. The van der Waals surface area contributed by atoms with Crippen LogP contribution in [0.3, 0.4) is 0 Å². The summed E-state index contributed by atoms with van der Waals surface area (Å²) in [4.78, 5) is 5.45. The minimum absolute atomic E-state index is 0.0818. The third-order valence-electron chi connectivity index (χ3n) is 13.8. The number of benzene rings is 5. The normalized spacial score (nSPS) is 15.8. The van der Waals surface area contributed by atoms with Crippen molar-refractivity contribution < 1.29 is 47.6 Å². The lowest BCUT2D eigenvalue weighted by Crippen LogP contribution is -2.46. The summed E-state index contributed by atoms with van der Waals surface area (Å²) in [5.41, 5.74) is -2.06. The number of halogens is 5. The summed E-state index contributed by atoms with van der Waals surface area (Å²) < 4.78 is 150. The van der Waals surface area contributed by atoms with E-state index in [2.05, 4.69) is 19.8 Å². The molecule has 0 amide bonds. The van der Waals surface area contributed by atoms with Gasteiger partial charge < -0.3 is 29.3 Å². The van der Waals surface area contributed by atoms with Gasteiger partial charge in [-0.25, -0.2) is 29.6 Å². The van der Waals surface area contributed by atoms with Crippen molar-refractivity contribution in [1.82, 2.24) is 9.47 Å². The van der Waals surface area contributed by atoms with Crippen LogP contribution in [0.5, 0.6) is 0 Å². The SMILES string of the molecule is CCOC1CCN(CC[C@H](CSc2ccccc2)Nc2ccc(S(=O)(=O)Nc3ccc(N4CCN(c5cc(F)cc(-c6c(S(C)(=O)=O)c(C)n(C(C)C)c6-c6ccc(Cl)cc6)c5)CC4)cc3)cc2S(=O)(=O)C(F)(F)F)CC1. The van der Waals surface area contributed by atoms with Crippen molar-refractivity contribution in [3.8, 4) is 22.4 Å². The van der Waals surface area contributed by atoms with Crippen molar-refractivity contribution >= 4 is 75.8 Å². The Hall–Kier alpha value is -5.29. The van der Waals surface area contributed by atoms with Gasteiger partial charge in [0.25, 0.3) is 19.9 Å². The second-order valence-corrected chi connectivity index (χ2v) is 26.6. The van der Waals surface area contributed by atoms with E-state index in [1.54, 1.807) is 37.3 Å². The van der Waals surface area contributed by atoms with E-state index in [1.165, 1.54) is 36.0 Å². The van der Waals surface area contributed by atoms with Gasteiger partial charge in [-0.2, -0.15) is 13.2 Å². The molecule has 0 saturated carbocycles. The number of aromatic nitrogens is 1. The van der Waals surface area contributed by atoms with Crippen molar-refractivity contribution in [2.45, 2.75) is 90.2 Å². The molecule has 5 aromatic carbocycles. The fourth-order valence-electron chi connectivity index (χ4n) is 10.2. The molecule has 6 aromatic rings. The molecular formula is C55H63ClF4N6O7S4. The zero-order valence-electron chi connectivity index (χ0n) is 43.4. The van der Waals surface area contributed by atoms with Crippen LogP contribution in [0.4, 0.5) is 40.3 Å². The first-order valence-electron chi connectivity index (χ1n) is 25.3. The lowest BCUT2D eigenvalue weighted by Gasteiger charge is -2.37. The Labute approximate surface area is 458 Å². The lowest BCUT2D eigenvalue weighted by atomic mass is 9.99. The molecule has 414 valence electrons. The minimum Gasteiger partial charge on any atom is -0.380 e. The molecule has 2 aliphatic rings. The van der Waals surface area contributed by atoms with Gasteiger partial charge >= 0.3 is 5.51 Å². The van der Waals surface area contributed by atoms with Gasteiger partial charge in [0, 0.05) is 115 Å². The van der Waals surface area contributed by atoms with Gasteiger partial charge in [-0.3, -0.25) is 4.72 Å². The van der Waals surface area contributed by atoms with Crippen molar-refractivity contribution in [3.63, 3.8) is 0 Å². The number of thioether (sulfide) groups is 1. The molecule has 2 fully saturated rings. The molecular weight excluding hydrogens is 1100 g/mol. The topological polar surface area (TPSA) is 150 Å². The molecule has 3 heterocycles. The number of anilines is 4. The second-order valence-electron chi connectivity index (χ2n) is 19.6. The standard InChI is InChI=1S/C55H63ClF4N6O7S4/c1-6-73-47-23-26-63(27-24-47)25-22-44(36-74-48-10-8-7-9-11-48)61-50-21-20-49(35-51(50)76(69,70)55(58,59)60)77(71,72)62-43-16-18-45(19-17-43)64-28-30-65(31-29-64)46-33-40(32-42(57)34-46)52-53(39-12-14-41(56)15-13-39)66(37(2)3)38(4)54(52)75(5,67)68/h7-21,32-35,37,44,47,61-62H,6,22-31,36H2,1-5H3/t44-/m1/s1. The van der Waals surface area contributed by atoms with Gasteiger partial charge in [0.15, 0.2) is 9.84 Å². The highest BCUT2D eigenvalue weighted by molar-refractivity contribution is 7.99. The maximum absolute atomic E-state index is 15.8. The Morgan fingerprint density at radius 1 is 0.779 bits per heavy atom. The van der Waals surface area contributed by atoms with E-state index in [9.17, 15) is 38.4 Å². The average Bonchev–Trinajstić information content (AvgIpc) is 3.93. The summed E-state index contributed by atoms with van der Waals surface area (Å²) in [6, 6.07) is 29.5.